The highest BCUT2D eigenvalue weighted by Crippen LogP contribution is 2.34. The first kappa shape index (κ1) is 12.7. The van der Waals surface area contributed by atoms with E-state index in [4.69, 9.17) is 0 Å². The second-order valence-electron chi connectivity index (χ2n) is 4.28. The second-order valence-corrected chi connectivity index (χ2v) is 4.28. The van der Waals surface area contributed by atoms with Gasteiger partial charge in [-0.05, 0) is 18.7 Å². The van der Waals surface area contributed by atoms with Gasteiger partial charge in [-0.2, -0.15) is 8.78 Å². The first-order valence-corrected chi connectivity index (χ1v) is 5.39. The molecule has 0 radical (unpaired) electrons. The number of likely N-dealkylation sites (N-methyl/N-ethyl adjacent to an activating group) is 1. The van der Waals surface area contributed by atoms with Gasteiger partial charge in [0.1, 0.15) is 0 Å². The summed E-state index contributed by atoms with van der Waals surface area (Å²) in [5.41, 5.74) is 0.348. The van der Waals surface area contributed by atoms with Gasteiger partial charge in [0.2, 0.25) is 5.75 Å². The molecule has 0 aromatic heterocycles. The lowest BCUT2D eigenvalue weighted by Gasteiger charge is -2.36. The first-order chi connectivity index (χ1) is 8.47. The predicted molar refractivity (Wildman–Crippen MR) is 60.0 cm³/mol. The van der Waals surface area contributed by atoms with Crippen LogP contribution < -0.4 is 4.74 Å². The van der Waals surface area contributed by atoms with Gasteiger partial charge in [-0.25, -0.2) is 0 Å². The summed E-state index contributed by atoms with van der Waals surface area (Å²) in [5.74, 6) is -0.155. The van der Waals surface area contributed by atoms with E-state index in [9.17, 15) is 18.9 Å². The Labute approximate surface area is 102 Å². The van der Waals surface area contributed by atoms with Crippen molar-refractivity contribution in [1.82, 2.24) is 4.90 Å². The van der Waals surface area contributed by atoms with Crippen LogP contribution in [0.2, 0.25) is 0 Å². The SMILES string of the molecule is CN1CC(c2ccc([N+](=O)[O-])c(OC(F)F)c2)C1. The van der Waals surface area contributed by atoms with Crippen LogP contribution in [0.3, 0.4) is 0 Å². The Morgan fingerprint density at radius 3 is 2.67 bits per heavy atom. The Kier molecular flexibility index (Phi) is 3.42. The van der Waals surface area contributed by atoms with Crippen LogP contribution in [0.15, 0.2) is 18.2 Å². The molecule has 0 bridgehead atoms. The van der Waals surface area contributed by atoms with Gasteiger partial charge in [-0.15, -0.1) is 0 Å². The van der Waals surface area contributed by atoms with E-state index in [2.05, 4.69) is 9.64 Å². The van der Waals surface area contributed by atoms with E-state index in [1.54, 1.807) is 6.07 Å². The van der Waals surface area contributed by atoms with Crippen LogP contribution in [0.4, 0.5) is 14.5 Å². The molecule has 0 saturated carbocycles. The fourth-order valence-corrected chi connectivity index (χ4v) is 2.04. The van der Waals surface area contributed by atoms with Crippen molar-refractivity contribution in [3.05, 3.63) is 33.9 Å². The number of nitrogens with zero attached hydrogens (tertiary/aromatic N) is 2. The molecule has 5 nitrogen and oxygen atoms in total. The molecule has 98 valence electrons. The first-order valence-electron chi connectivity index (χ1n) is 5.39. The summed E-state index contributed by atoms with van der Waals surface area (Å²) in [5, 5.41) is 10.7. The Bertz CT molecular complexity index is 462. The van der Waals surface area contributed by atoms with Crippen molar-refractivity contribution >= 4 is 5.69 Å². The molecule has 1 aliphatic rings. The predicted octanol–water partition coefficient (Wildman–Crippen LogP) is 2.23. The molecule has 0 spiro atoms. The molecule has 0 atom stereocenters. The van der Waals surface area contributed by atoms with Crippen LogP contribution in [0.25, 0.3) is 0 Å². The number of rotatable bonds is 4. The molecule has 0 aliphatic carbocycles. The number of benzene rings is 1. The van der Waals surface area contributed by atoms with Crippen LogP contribution in [0.1, 0.15) is 11.5 Å². The van der Waals surface area contributed by atoms with Gasteiger partial charge in [-0.3, -0.25) is 10.1 Å². The van der Waals surface area contributed by atoms with Crippen LogP contribution in [-0.4, -0.2) is 36.6 Å². The largest absolute Gasteiger partial charge is 0.427 e. The van der Waals surface area contributed by atoms with Crippen molar-refractivity contribution in [2.24, 2.45) is 0 Å². The highest BCUT2D eigenvalue weighted by molar-refractivity contribution is 5.49. The third kappa shape index (κ3) is 2.56. The van der Waals surface area contributed by atoms with E-state index in [-0.39, 0.29) is 11.7 Å². The molecular formula is C11H12F2N2O3. The maximum absolute atomic E-state index is 12.2. The molecular weight excluding hydrogens is 246 g/mol. The lowest BCUT2D eigenvalue weighted by atomic mass is 9.92. The van der Waals surface area contributed by atoms with Gasteiger partial charge in [0, 0.05) is 25.1 Å². The van der Waals surface area contributed by atoms with E-state index in [1.807, 2.05) is 7.05 Å². The normalized spacial score (nSPS) is 16.7. The summed E-state index contributed by atoms with van der Waals surface area (Å²) in [6.45, 7) is -1.44. The number of hydrogen-bond donors (Lipinski definition) is 0. The lowest BCUT2D eigenvalue weighted by molar-refractivity contribution is -0.386. The summed E-state index contributed by atoms with van der Waals surface area (Å²) >= 11 is 0. The lowest BCUT2D eigenvalue weighted by Crippen LogP contribution is -2.41. The highest BCUT2D eigenvalue weighted by atomic mass is 19.3. The highest BCUT2D eigenvalue weighted by Gasteiger charge is 2.27. The van der Waals surface area contributed by atoms with E-state index >= 15 is 0 Å². The van der Waals surface area contributed by atoms with Crippen molar-refractivity contribution in [1.29, 1.82) is 0 Å². The van der Waals surface area contributed by atoms with Gasteiger partial charge in [-0.1, -0.05) is 6.07 Å². The minimum absolute atomic E-state index is 0.218. The average Bonchev–Trinajstić information content (AvgIpc) is 2.23. The Morgan fingerprint density at radius 1 is 1.50 bits per heavy atom. The minimum atomic E-state index is -3.07. The van der Waals surface area contributed by atoms with Crippen LogP contribution in [-0.2, 0) is 0 Å². The van der Waals surface area contributed by atoms with E-state index < -0.39 is 17.2 Å². The van der Waals surface area contributed by atoms with Crippen LogP contribution in [0, 0.1) is 10.1 Å². The molecule has 0 unspecified atom stereocenters. The summed E-state index contributed by atoms with van der Waals surface area (Å²) in [7, 11) is 1.94. The van der Waals surface area contributed by atoms with Crippen molar-refractivity contribution in [2.75, 3.05) is 20.1 Å². The standard InChI is InChI=1S/C11H12F2N2O3/c1-14-5-8(6-14)7-2-3-9(15(16)17)10(4-7)18-11(12)13/h2-4,8,11H,5-6H2,1H3. The van der Waals surface area contributed by atoms with Crippen LogP contribution >= 0.6 is 0 Å². The fourth-order valence-electron chi connectivity index (χ4n) is 2.04. The maximum Gasteiger partial charge on any atom is 0.387 e. The third-order valence-corrected chi connectivity index (χ3v) is 2.93. The van der Waals surface area contributed by atoms with E-state index in [1.165, 1.54) is 12.1 Å². The van der Waals surface area contributed by atoms with Crippen molar-refractivity contribution in [3.8, 4) is 5.75 Å². The minimum Gasteiger partial charge on any atom is -0.427 e. The van der Waals surface area contributed by atoms with Crippen molar-refractivity contribution < 1.29 is 18.4 Å². The van der Waals surface area contributed by atoms with Gasteiger partial charge in [0.25, 0.3) is 0 Å². The monoisotopic (exact) mass is 258 g/mol. The number of ether oxygens (including phenoxy) is 1. The van der Waals surface area contributed by atoms with Gasteiger partial charge in [0.05, 0.1) is 4.92 Å². The molecule has 2 rings (SSSR count). The molecule has 1 fully saturated rings. The smallest absolute Gasteiger partial charge is 0.387 e. The second kappa shape index (κ2) is 4.85. The summed E-state index contributed by atoms with van der Waals surface area (Å²) < 4.78 is 28.6. The number of likely N-dealkylation sites (tertiary alicyclic amines) is 1. The van der Waals surface area contributed by atoms with Gasteiger partial charge < -0.3 is 9.64 Å². The number of alkyl halides is 2. The van der Waals surface area contributed by atoms with Crippen molar-refractivity contribution in [2.45, 2.75) is 12.5 Å². The van der Waals surface area contributed by atoms with Crippen molar-refractivity contribution in [3.63, 3.8) is 0 Å². The molecule has 0 N–H and O–H groups in total. The molecule has 18 heavy (non-hydrogen) atoms. The summed E-state index contributed by atoms with van der Waals surface area (Å²) in [6, 6.07) is 4.14. The van der Waals surface area contributed by atoms with E-state index in [0.29, 0.717) is 0 Å². The maximum atomic E-state index is 12.2. The number of halogens is 2. The number of nitro groups is 1. The molecule has 1 aromatic rings. The zero-order chi connectivity index (χ0) is 13.3. The zero-order valence-electron chi connectivity index (χ0n) is 9.68. The molecule has 0 amide bonds. The Morgan fingerprint density at radius 2 is 2.17 bits per heavy atom. The van der Waals surface area contributed by atoms with Gasteiger partial charge in [0.15, 0.2) is 0 Å². The number of nitro benzene ring substituents is 1. The molecule has 7 heteroatoms. The summed E-state index contributed by atoms with van der Waals surface area (Å²) in [6.07, 6.45) is 0. The summed E-state index contributed by atoms with van der Waals surface area (Å²) in [4.78, 5) is 12.0. The van der Waals surface area contributed by atoms with Gasteiger partial charge >= 0.3 is 12.3 Å². The Hall–Kier alpha value is -1.76. The molecule has 1 aliphatic heterocycles. The number of hydrogen-bond acceptors (Lipinski definition) is 4. The topological polar surface area (TPSA) is 55.6 Å². The van der Waals surface area contributed by atoms with E-state index in [0.717, 1.165) is 18.7 Å². The average molecular weight is 258 g/mol. The fraction of sp³-hybridized carbons (Fsp3) is 0.455. The Balaban J connectivity index is 2.27. The quantitative estimate of drug-likeness (QED) is 0.613. The molecule has 1 aromatic carbocycles. The zero-order valence-corrected chi connectivity index (χ0v) is 9.68. The third-order valence-electron chi connectivity index (χ3n) is 2.93. The molecule has 1 saturated heterocycles. The molecule has 1 heterocycles. The van der Waals surface area contributed by atoms with Crippen LogP contribution in [0.5, 0.6) is 5.75 Å².